The van der Waals surface area contributed by atoms with E-state index in [2.05, 4.69) is 81.5 Å². The van der Waals surface area contributed by atoms with E-state index in [-0.39, 0.29) is 37.5 Å². The third kappa shape index (κ3) is 55.8. The van der Waals surface area contributed by atoms with E-state index in [1.54, 1.807) is 0 Å². The Morgan fingerprint density at radius 2 is 0.577 bits per heavy atom. The van der Waals surface area contributed by atoms with Crippen LogP contribution in [-0.4, -0.2) is 37.2 Å². The molecule has 0 aliphatic rings. The van der Waals surface area contributed by atoms with Gasteiger partial charge in [-0.05, 0) is 83.5 Å². The summed E-state index contributed by atoms with van der Waals surface area (Å²) in [6, 6.07) is 0. The van der Waals surface area contributed by atoms with Crippen LogP contribution in [0.2, 0.25) is 0 Å². The molecule has 0 saturated carbocycles. The molecule has 1 atom stereocenters. The second-order valence-corrected chi connectivity index (χ2v) is 18.1. The van der Waals surface area contributed by atoms with Gasteiger partial charge in [0.2, 0.25) is 0 Å². The first-order chi connectivity index (χ1) is 35.0. The van der Waals surface area contributed by atoms with Crippen molar-refractivity contribution in [2.45, 2.75) is 219 Å². The smallest absolute Gasteiger partial charge is 0.306 e. The first-order valence-electron chi connectivity index (χ1n) is 28.2. The van der Waals surface area contributed by atoms with Crippen LogP contribution in [-0.2, 0) is 28.6 Å². The van der Waals surface area contributed by atoms with Gasteiger partial charge < -0.3 is 14.2 Å². The van der Waals surface area contributed by atoms with Crippen LogP contribution in [0.1, 0.15) is 213 Å². The molecule has 0 spiro atoms. The van der Waals surface area contributed by atoms with Crippen LogP contribution in [0.4, 0.5) is 0 Å². The highest BCUT2D eigenvalue weighted by atomic mass is 16.6. The molecule has 0 rings (SSSR count). The molecule has 0 N–H and O–H groups in total. The van der Waals surface area contributed by atoms with Crippen molar-refractivity contribution in [3.05, 3.63) is 158 Å². The normalized spacial score (nSPS) is 13.3. The highest BCUT2D eigenvalue weighted by Crippen LogP contribution is 2.13. The zero-order valence-corrected chi connectivity index (χ0v) is 45.2. The molecule has 0 saturated heterocycles. The topological polar surface area (TPSA) is 78.9 Å². The maximum absolute atomic E-state index is 12.9. The summed E-state index contributed by atoms with van der Waals surface area (Å²) in [6.45, 7) is 6.31. The lowest BCUT2D eigenvalue weighted by molar-refractivity contribution is -0.167. The standard InChI is InChI=1S/C65H100O6/c1-4-7-10-13-16-19-22-25-28-31-34-37-40-43-46-49-52-55-58-64(67)70-61-62(60-69-63(66)57-54-51-48-45-42-39-36-33-30-27-24-21-18-15-12-9-6-3)71-65(68)59-56-53-50-47-44-41-38-35-32-29-26-23-20-17-14-11-8-5-2/h9-10,12-13,15-16,18-19,21-22,24-25,27-39,42,62H,4-8,11,14,17,20,23,26,40-41,43-61H2,1-3H3/b12-9-,13-10-,18-15-,19-16-,24-21-,25-22-,30-27-,31-28-,32-29-,36-33+,37-34-,38-35-,42-39-. The van der Waals surface area contributed by atoms with Gasteiger partial charge in [-0.25, -0.2) is 0 Å². The molecule has 0 aromatic rings. The van der Waals surface area contributed by atoms with Crippen molar-refractivity contribution in [3.8, 4) is 0 Å². The van der Waals surface area contributed by atoms with Gasteiger partial charge in [-0.1, -0.05) is 269 Å². The Morgan fingerprint density at radius 1 is 0.296 bits per heavy atom. The Bertz CT molecular complexity index is 1640. The molecule has 1 unspecified atom stereocenters. The molecule has 0 bridgehead atoms. The maximum atomic E-state index is 12.9. The van der Waals surface area contributed by atoms with Crippen LogP contribution in [0.25, 0.3) is 0 Å². The van der Waals surface area contributed by atoms with Crippen LogP contribution < -0.4 is 0 Å². The molecule has 396 valence electrons. The molecule has 0 fully saturated rings. The molecule has 0 radical (unpaired) electrons. The largest absolute Gasteiger partial charge is 0.462 e. The van der Waals surface area contributed by atoms with E-state index in [1.165, 1.54) is 51.4 Å². The summed E-state index contributed by atoms with van der Waals surface area (Å²) >= 11 is 0. The minimum atomic E-state index is -0.825. The van der Waals surface area contributed by atoms with E-state index in [0.717, 1.165) is 116 Å². The van der Waals surface area contributed by atoms with Crippen LogP contribution in [0.15, 0.2) is 158 Å². The quantitative estimate of drug-likeness (QED) is 0.0262. The monoisotopic (exact) mass is 977 g/mol. The van der Waals surface area contributed by atoms with Crippen molar-refractivity contribution < 1.29 is 28.6 Å². The van der Waals surface area contributed by atoms with Crippen molar-refractivity contribution in [1.29, 1.82) is 0 Å². The highest BCUT2D eigenvalue weighted by Gasteiger charge is 2.19. The van der Waals surface area contributed by atoms with Crippen molar-refractivity contribution in [2.75, 3.05) is 13.2 Å². The minimum Gasteiger partial charge on any atom is -0.462 e. The van der Waals surface area contributed by atoms with Gasteiger partial charge in [-0.3, -0.25) is 14.4 Å². The number of hydrogen-bond acceptors (Lipinski definition) is 6. The summed E-state index contributed by atoms with van der Waals surface area (Å²) < 4.78 is 16.8. The molecule has 0 aromatic carbocycles. The summed E-state index contributed by atoms with van der Waals surface area (Å²) in [5.41, 5.74) is 0. The van der Waals surface area contributed by atoms with E-state index in [1.807, 2.05) is 97.2 Å². The van der Waals surface area contributed by atoms with Crippen LogP contribution in [0.3, 0.4) is 0 Å². The molecule has 6 heteroatoms. The molecule has 71 heavy (non-hydrogen) atoms. The Hall–Kier alpha value is -4.97. The molecule has 0 heterocycles. The Kier molecular flexibility index (Phi) is 53.6. The van der Waals surface area contributed by atoms with Crippen molar-refractivity contribution >= 4 is 17.9 Å². The van der Waals surface area contributed by atoms with E-state index in [0.29, 0.717) is 19.3 Å². The molecular weight excluding hydrogens is 877 g/mol. The van der Waals surface area contributed by atoms with Gasteiger partial charge in [-0.15, -0.1) is 0 Å². The zero-order chi connectivity index (χ0) is 51.4. The number of hydrogen-bond donors (Lipinski definition) is 0. The SMILES string of the molecule is CC\C=C/C=C\C=C/C=C\C=C\C=C/CCCCCC(=O)OCC(COC(=O)CCCCCCC\C=C/C=C\C=C/C=C\C=C/CCC)OC(=O)CCCCCCC/C=C\C=C/CCCCCCCCC. The lowest BCUT2D eigenvalue weighted by Crippen LogP contribution is -2.30. The zero-order valence-electron chi connectivity index (χ0n) is 45.2. The molecule has 0 aromatic heterocycles. The second-order valence-electron chi connectivity index (χ2n) is 18.1. The fraction of sp³-hybridized carbons (Fsp3) is 0.554. The summed E-state index contributed by atoms with van der Waals surface area (Å²) in [5.74, 6) is -1.01. The van der Waals surface area contributed by atoms with E-state index in [4.69, 9.17) is 14.2 Å². The van der Waals surface area contributed by atoms with Gasteiger partial charge in [0.05, 0.1) is 0 Å². The van der Waals surface area contributed by atoms with E-state index < -0.39 is 6.10 Å². The number of carbonyl (C=O) groups is 3. The first kappa shape index (κ1) is 66.0. The summed E-state index contributed by atoms with van der Waals surface area (Å²) in [6.07, 6.45) is 83.6. The molecular formula is C65H100O6. The first-order valence-corrected chi connectivity index (χ1v) is 28.2. The third-order valence-corrected chi connectivity index (χ3v) is 11.3. The Labute approximate surface area is 435 Å². The Balaban J connectivity index is 4.60. The average molecular weight is 978 g/mol. The number of rotatable bonds is 48. The van der Waals surface area contributed by atoms with Crippen molar-refractivity contribution in [1.82, 2.24) is 0 Å². The Morgan fingerprint density at radius 3 is 0.944 bits per heavy atom. The van der Waals surface area contributed by atoms with E-state index in [9.17, 15) is 14.4 Å². The van der Waals surface area contributed by atoms with Crippen LogP contribution in [0, 0.1) is 0 Å². The number of unbranched alkanes of at least 4 members (excludes halogenated alkanes) is 21. The maximum Gasteiger partial charge on any atom is 0.306 e. The van der Waals surface area contributed by atoms with Crippen LogP contribution >= 0.6 is 0 Å². The highest BCUT2D eigenvalue weighted by molar-refractivity contribution is 5.71. The lowest BCUT2D eigenvalue weighted by Gasteiger charge is -2.18. The van der Waals surface area contributed by atoms with Gasteiger partial charge in [-0.2, -0.15) is 0 Å². The van der Waals surface area contributed by atoms with Gasteiger partial charge in [0.25, 0.3) is 0 Å². The average Bonchev–Trinajstić information content (AvgIpc) is 3.37. The molecule has 0 amide bonds. The second kappa shape index (κ2) is 57.6. The predicted octanol–water partition coefficient (Wildman–Crippen LogP) is 19.0. The number of allylic oxidation sites excluding steroid dienone is 26. The number of esters is 3. The summed E-state index contributed by atoms with van der Waals surface area (Å²) in [4.78, 5) is 38.2. The minimum absolute atomic E-state index is 0.120. The van der Waals surface area contributed by atoms with E-state index >= 15 is 0 Å². The summed E-state index contributed by atoms with van der Waals surface area (Å²) in [7, 11) is 0. The molecule has 6 nitrogen and oxygen atoms in total. The van der Waals surface area contributed by atoms with Crippen molar-refractivity contribution in [2.24, 2.45) is 0 Å². The molecule has 0 aliphatic carbocycles. The van der Waals surface area contributed by atoms with Gasteiger partial charge in [0.1, 0.15) is 13.2 Å². The summed E-state index contributed by atoms with van der Waals surface area (Å²) in [5, 5.41) is 0. The van der Waals surface area contributed by atoms with Gasteiger partial charge >= 0.3 is 17.9 Å². The van der Waals surface area contributed by atoms with Gasteiger partial charge in [0, 0.05) is 19.3 Å². The predicted molar refractivity (Wildman–Crippen MR) is 306 cm³/mol. The molecule has 0 aliphatic heterocycles. The number of carbonyl (C=O) groups excluding carboxylic acids is 3. The fourth-order valence-corrected chi connectivity index (χ4v) is 7.08. The third-order valence-electron chi connectivity index (χ3n) is 11.3. The lowest BCUT2D eigenvalue weighted by atomic mass is 10.1. The van der Waals surface area contributed by atoms with Crippen LogP contribution in [0.5, 0.6) is 0 Å². The van der Waals surface area contributed by atoms with Gasteiger partial charge in [0.15, 0.2) is 6.10 Å². The van der Waals surface area contributed by atoms with Crippen molar-refractivity contribution in [3.63, 3.8) is 0 Å². The fourth-order valence-electron chi connectivity index (χ4n) is 7.08. The number of ether oxygens (including phenoxy) is 3.